The third-order valence-corrected chi connectivity index (χ3v) is 4.60. The van der Waals surface area contributed by atoms with Gasteiger partial charge < -0.3 is 9.64 Å². The molecule has 1 aliphatic rings. The maximum Gasteiger partial charge on any atom is 0.191 e. The Bertz CT molecular complexity index is 735. The van der Waals surface area contributed by atoms with Gasteiger partial charge in [-0.05, 0) is 37.0 Å². The minimum atomic E-state index is -0.712. The van der Waals surface area contributed by atoms with Gasteiger partial charge in [-0.3, -0.25) is 4.98 Å². The summed E-state index contributed by atoms with van der Waals surface area (Å²) in [5, 5.41) is 0. The van der Waals surface area contributed by atoms with Crippen molar-refractivity contribution in [3.63, 3.8) is 0 Å². The number of hydrogen-bond acceptors (Lipinski definition) is 3. The van der Waals surface area contributed by atoms with Crippen molar-refractivity contribution in [2.45, 2.75) is 26.4 Å². The summed E-state index contributed by atoms with van der Waals surface area (Å²) in [4.78, 5) is 6.48. The van der Waals surface area contributed by atoms with Gasteiger partial charge in [-0.15, -0.1) is 0 Å². The second-order valence-corrected chi connectivity index (χ2v) is 6.54. The molecule has 0 atom stereocenters. The molecule has 0 aliphatic carbocycles. The number of aromatic nitrogens is 1. The first-order valence-electron chi connectivity index (χ1n) is 8.49. The highest BCUT2D eigenvalue weighted by Gasteiger charge is 2.18. The summed E-state index contributed by atoms with van der Waals surface area (Å²) in [5.74, 6) is -1.04. The zero-order valence-corrected chi connectivity index (χ0v) is 14.3. The molecule has 3 rings (SSSR count). The molecule has 1 aromatic carbocycles. The Kier molecular flexibility index (Phi) is 5.31. The van der Waals surface area contributed by atoms with Crippen molar-refractivity contribution in [2.75, 3.05) is 13.1 Å². The van der Waals surface area contributed by atoms with Gasteiger partial charge in [-0.2, -0.15) is 0 Å². The molecule has 1 aromatic heterocycles. The Balaban J connectivity index is 1.68. The fourth-order valence-corrected chi connectivity index (χ4v) is 2.96. The van der Waals surface area contributed by atoms with Gasteiger partial charge in [-0.1, -0.05) is 19.6 Å². The molecule has 2 aromatic rings. The van der Waals surface area contributed by atoms with Crippen LogP contribution in [0, 0.1) is 17.6 Å². The predicted molar refractivity (Wildman–Crippen MR) is 93.9 cm³/mol. The zero-order valence-electron chi connectivity index (χ0n) is 14.3. The van der Waals surface area contributed by atoms with E-state index in [0.717, 1.165) is 48.7 Å². The van der Waals surface area contributed by atoms with Crippen LogP contribution in [0.15, 0.2) is 43.2 Å². The van der Waals surface area contributed by atoms with E-state index in [1.165, 1.54) is 18.2 Å². The summed E-state index contributed by atoms with van der Waals surface area (Å²) in [5.41, 5.74) is 2.58. The number of nitrogens with zero attached hydrogens (tertiary/aromatic N) is 2. The van der Waals surface area contributed by atoms with Crippen LogP contribution in [0.4, 0.5) is 8.78 Å². The molecule has 0 radical (unpaired) electrons. The van der Waals surface area contributed by atoms with Crippen LogP contribution >= 0.6 is 0 Å². The lowest BCUT2D eigenvalue weighted by atomic mass is 9.98. The number of benzene rings is 1. The van der Waals surface area contributed by atoms with Crippen molar-refractivity contribution >= 4 is 5.70 Å². The molecule has 1 aliphatic heterocycles. The van der Waals surface area contributed by atoms with Crippen LogP contribution in [0.25, 0.3) is 5.70 Å². The summed E-state index contributed by atoms with van der Waals surface area (Å²) < 4.78 is 32.6. The van der Waals surface area contributed by atoms with Crippen molar-refractivity contribution in [3.8, 4) is 5.75 Å². The lowest BCUT2D eigenvalue weighted by Gasteiger charge is -2.33. The van der Waals surface area contributed by atoms with E-state index in [4.69, 9.17) is 4.74 Å². The Morgan fingerprint density at radius 2 is 1.92 bits per heavy atom. The molecule has 1 saturated heterocycles. The van der Waals surface area contributed by atoms with E-state index in [-0.39, 0.29) is 12.4 Å². The average molecular weight is 344 g/mol. The number of halogens is 2. The topological polar surface area (TPSA) is 25.4 Å². The zero-order chi connectivity index (χ0) is 17.8. The number of pyridine rings is 1. The molecule has 0 saturated carbocycles. The second kappa shape index (κ2) is 7.64. The normalized spacial score (nSPS) is 15.2. The van der Waals surface area contributed by atoms with E-state index in [9.17, 15) is 8.78 Å². The third-order valence-electron chi connectivity index (χ3n) is 4.60. The maximum atomic E-state index is 13.6. The first-order valence-corrected chi connectivity index (χ1v) is 8.49. The highest BCUT2D eigenvalue weighted by Crippen LogP contribution is 2.26. The van der Waals surface area contributed by atoms with Crippen molar-refractivity contribution in [1.29, 1.82) is 0 Å². The summed E-state index contributed by atoms with van der Waals surface area (Å²) >= 11 is 0. The van der Waals surface area contributed by atoms with Gasteiger partial charge in [0.1, 0.15) is 6.61 Å². The van der Waals surface area contributed by atoms with Gasteiger partial charge in [0, 0.05) is 42.3 Å². The van der Waals surface area contributed by atoms with Crippen LogP contribution in [0.1, 0.15) is 30.9 Å². The Morgan fingerprint density at radius 1 is 1.24 bits per heavy atom. The minimum Gasteiger partial charge on any atom is -0.483 e. The maximum absolute atomic E-state index is 13.6. The SMILES string of the molecule is C=C(c1cncc(COc2c(F)cccc2F)c1)N1CCC(C)CC1. The lowest BCUT2D eigenvalue weighted by molar-refractivity contribution is 0.268. The minimum absolute atomic E-state index is 0.0447. The molecule has 132 valence electrons. The van der Waals surface area contributed by atoms with Gasteiger partial charge in [0.05, 0.1) is 0 Å². The predicted octanol–water partition coefficient (Wildman–Crippen LogP) is 4.64. The average Bonchev–Trinajstić information content (AvgIpc) is 2.62. The summed E-state index contributed by atoms with van der Waals surface area (Å²) in [6.45, 7) is 8.47. The van der Waals surface area contributed by atoms with Crippen LogP contribution in [0.3, 0.4) is 0 Å². The van der Waals surface area contributed by atoms with Crippen LogP contribution in [0.5, 0.6) is 5.75 Å². The molecule has 0 spiro atoms. The fourth-order valence-electron chi connectivity index (χ4n) is 2.96. The quantitative estimate of drug-likeness (QED) is 0.790. The molecule has 0 bridgehead atoms. The monoisotopic (exact) mass is 344 g/mol. The van der Waals surface area contributed by atoms with Crippen LogP contribution in [-0.4, -0.2) is 23.0 Å². The van der Waals surface area contributed by atoms with Crippen molar-refractivity contribution in [3.05, 3.63) is 66.0 Å². The molecule has 0 unspecified atom stereocenters. The molecule has 0 amide bonds. The second-order valence-electron chi connectivity index (χ2n) is 6.54. The Morgan fingerprint density at radius 3 is 2.60 bits per heavy atom. The fraction of sp³-hybridized carbons (Fsp3) is 0.350. The van der Waals surface area contributed by atoms with Crippen LogP contribution in [0.2, 0.25) is 0 Å². The number of hydrogen-bond donors (Lipinski definition) is 0. The lowest BCUT2D eigenvalue weighted by Crippen LogP contribution is -2.31. The van der Waals surface area contributed by atoms with E-state index in [1.54, 1.807) is 12.4 Å². The van der Waals surface area contributed by atoms with Gasteiger partial charge in [0.2, 0.25) is 0 Å². The van der Waals surface area contributed by atoms with Crippen molar-refractivity contribution in [2.24, 2.45) is 5.92 Å². The summed E-state index contributed by atoms with van der Waals surface area (Å²) in [6.07, 6.45) is 5.70. The number of ether oxygens (including phenoxy) is 1. The molecule has 3 nitrogen and oxygen atoms in total. The van der Waals surface area contributed by atoms with E-state index >= 15 is 0 Å². The van der Waals surface area contributed by atoms with Crippen LogP contribution in [-0.2, 0) is 6.61 Å². The van der Waals surface area contributed by atoms with Gasteiger partial charge >= 0.3 is 0 Å². The van der Waals surface area contributed by atoms with E-state index in [1.807, 2.05) is 6.07 Å². The Labute approximate surface area is 147 Å². The molecule has 1 fully saturated rings. The molecule has 25 heavy (non-hydrogen) atoms. The van der Waals surface area contributed by atoms with Crippen molar-refractivity contribution in [1.82, 2.24) is 9.88 Å². The highest BCUT2D eigenvalue weighted by atomic mass is 19.1. The number of likely N-dealkylation sites (tertiary alicyclic amines) is 1. The molecule has 0 N–H and O–H groups in total. The third kappa shape index (κ3) is 4.16. The summed E-state index contributed by atoms with van der Waals surface area (Å²) in [7, 11) is 0. The largest absolute Gasteiger partial charge is 0.483 e. The Hall–Kier alpha value is -2.43. The highest BCUT2D eigenvalue weighted by molar-refractivity contribution is 5.61. The van der Waals surface area contributed by atoms with Crippen molar-refractivity contribution < 1.29 is 13.5 Å². The molecule has 2 heterocycles. The number of piperidine rings is 1. The van der Waals surface area contributed by atoms with E-state index < -0.39 is 11.6 Å². The van der Waals surface area contributed by atoms with Gasteiger partial charge in [0.15, 0.2) is 17.4 Å². The number of rotatable bonds is 5. The molecular weight excluding hydrogens is 322 g/mol. The molecule has 5 heteroatoms. The molecular formula is C20H22F2N2O. The van der Waals surface area contributed by atoms with Gasteiger partial charge in [0.25, 0.3) is 0 Å². The van der Waals surface area contributed by atoms with E-state index in [0.29, 0.717) is 0 Å². The number of para-hydroxylation sites is 1. The van der Waals surface area contributed by atoms with Crippen LogP contribution < -0.4 is 4.74 Å². The van der Waals surface area contributed by atoms with E-state index in [2.05, 4.69) is 23.4 Å². The first kappa shape index (κ1) is 17.4. The first-order chi connectivity index (χ1) is 12.0. The smallest absolute Gasteiger partial charge is 0.191 e. The summed E-state index contributed by atoms with van der Waals surface area (Å²) in [6, 6.07) is 5.56. The standard InChI is InChI=1S/C20H22F2N2O/c1-14-6-8-24(9-7-14)15(2)17-10-16(11-23-12-17)13-25-20-18(21)4-3-5-19(20)22/h3-5,10-12,14H,2,6-9,13H2,1H3. The van der Waals surface area contributed by atoms with Gasteiger partial charge in [-0.25, -0.2) is 8.78 Å².